The summed E-state index contributed by atoms with van der Waals surface area (Å²) >= 11 is 3.20. The summed E-state index contributed by atoms with van der Waals surface area (Å²) in [5, 5.41) is 30.5. The highest BCUT2D eigenvalue weighted by atomic mass is 79.9. The third kappa shape index (κ3) is 4.84. The van der Waals surface area contributed by atoms with Crippen molar-refractivity contribution >= 4 is 64.9 Å². The van der Waals surface area contributed by atoms with Gasteiger partial charge in [0.25, 0.3) is 15.7 Å². The fourth-order valence-corrected chi connectivity index (χ4v) is 5.04. The average molecular weight is 529 g/mol. The Labute approximate surface area is 186 Å². The second-order valence-corrected chi connectivity index (χ2v) is 10.2. The lowest BCUT2D eigenvalue weighted by Crippen LogP contribution is -2.14. The number of nitrogens with one attached hydrogen (secondary N) is 1. The predicted molar refractivity (Wildman–Crippen MR) is 116 cm³/mol. The number of carboxylic acids is 1. The highest BCUT2D eigenvalue weighted by molar-refractivity contribution is 9.10. The molecule has 0 radical (unpaired) electrons. The molecule has 10 nitrogen and oxygen atoms in total. The molecule has 0 amide bonds. The number of nitrogens with zero attached hydrogens (tertiary/aromatic N) is 1. The summed E-state index contributed by atoms with van der Waals surface area (Å²) in [5.41, 5.74) is -0.566. The summed E-state index contributed by atoms with van der Waals surface area (Å²) in [6.45, 7) is 0. The van der Waals surface area contributed by atoms with E-state index in [9.17, 15) is 32.6 Å². The molecule has 0 saturated carbocycles. The van der Waals surface area contributed by atoms with Gasteiger partial charge in [-0.1, -0.05) is 15.9 Å². The minimum atomic E-state index is -4.17. The number of non-ortho nitro benzene ring substituents is 1. The minimum absolute atomic E-state index is 0.0246. The minimum Gasteiger partial charge on any atom is -0.506 e. The van der Waals surface area contributed by atoms with Gasteiger partial charge in [-0.3, -0.25) is 23.8 Å². The highest BCUT2D eigenvalue weighted by Crippen LogP contribution is 2.39. The molecule has 3 aromatic rings. The Morgan fingerprint density at radius 3 is 2.35 bits per heavy atom. The lowest BCUT2D eigenvalue weighted by molar-refractivity contribution is -0.384. The lowest BCUT2D eigenvalue weighted by atomic mass is 10.1. The standard InChI is InChI=1S/C18H13BrN2O8S2/c19-10-1-4-12(5-2-10)31(28,29)20-15-8-16(30(27)9-17(22)23)18(24)13-6-3-11(21(25)26)7-14(13)15/h1-8,20,24H,9H2,(H,22,23). The Balaban J connectivity index is 2.23. The largest absolute Gasteiger partial charge is 0.506 e. The zero-order valence-corrected chi connectivity index (χ0v) is 18.5. The maximum Gasteiger partial charge on any atom is 0.316 e. The van der Waals surface area contributed by atoms with E-state index in [1.165, 1.54) is 30.3 Å². The van der Waals surface area contributed by atoms with Crippen LogP contribution in [0, 0.1) is 10.1 Å². The lowest BCUT2D eigenvalue weighted by Gasteiger charge is -2.14. The van der Waals surface area contributed by atoms with E-state index in [0.717, 1.165) is 18.2 Å². The highest BCUT2D eigenvalue weighted by Gasteiger charge is 2.23. The van der Waals surface area contributed by atoms with Crippen LogP contribution in [0.1, 0.15) is 0 Å². The third-order valence-corrected chi connectivity index (χ3v) is 7.36. The van der Waals surface area contributed by atoms with E-state index in [-0.39, 0.29) is 31.9 Å². The number of halogens is 1. The molecule has 1 atom stereocenters. The second kappa shape index (κ2) is 8.61. The average Bonchev–Trinajstić information content (AvgIpc) is 2.69. The van der Waals surface area contributed by atoms with E-state index in [2.05, 4.69) is 20.7 Å². The number of phenols is 1. The van der Waals surface area contributed by atoms with Gasteiger partial charge >= 0.3 is 5.97 Å². The molecule has 3 rings (SSSR count). The Morgan fingerprint density at radius 1 is 1.13 bits per heavy atom. The molecule has 0 aliphatic carbocycles. The number of rotatable bonds is 7. The molecule has 0 spiro atoms. The number of nitro groups is 1. The normalized spacial score (nSPS) is 12.4. The van der Waals surface area contributed by atoms with Crippen molar-refractivity contribution in [2.24, 2.45) is 0 Å². The first-order chi connectivity index (χ1) is 14.5. The van der Waals surface area contributed by atoms with Crippen LogP contribution in [-0.4, -0.2) is 39.5 Å². The Morgan fingerprint density at radius 2 is 1.77 bits per heavy atom. The van der Waals surface area contributed by atoms with E-state index in [1.54, 1.807) is 0 Å². The van der Waals surface area contributed by atoms with Gasteiger partial charge in [0, 0.05) is 27.4 Å². The van der Waals surface area contributed by atoms with Crippen molar-refractivity contribution in [3.8, 4) is 5.75 Å². The zero-order chi connectivity index (χ0) is 22.9. The molecule has 1 unspecified atom stereocenters. The monoisotopic (exact) mass is 528 g/mol. The van der Waals surface area contributed by atoms with E-state index in [4.69, 9.17) is 5.11 Å². The molecule has 31 heavy (non-hydrogen) atoms. The van der Waals surface area contributed by atoms with Gasteiger partial charge < -0.3 is 10.2 Å². The van der Waals surface area contributed by atoms with Crippen molar-refractivity contribution in [2.75, 3.05) is 10.5 Å². The van der Waals surface area contributed by atoms with E-state index >= 15 is 0 Å². The van der Waals surface area contributed by atoms with Crippen LogP contribution in [0.15, 0.2) is 62.8 Å². The van der Waals surface area contributed by atoms with Gasteiger partial charge in [0.2, 0.25) is 0 Å². The SMILES string of the molecule is O=C(O)CS(=O)c1cc(NS(=O)(=O)c2ccc(Br)cc2)c2cc([N+](=O)[O-])ccc2c1O. The maximum absolute atomic E-state index is 12.8. The Bertz CT molecular complexity index is 1340. The predicted octanol–water partition coefficient (Wildman–Crippen LogP) is 3.21. The van der Waals surface area contributed by atoms with Crippen molar-refractivity contribution in [3.63, 3.8) is 0 Å². The number of benzene rings is 3. The van der Waals surface area contributed by atoms with Crippen LogP contribution >= 0.6 is 15.9 Å². The van der Waals surface area contributed by atoms with Crippen LogP contribution in [0.5, 0.6) is 5.75 Å². The quantitative estimate of drug-likeness (QED) is 0.239. The van der Waals surface area contributed by atoms with E-state index in [1.807, 2.05) is 0 Å². The number of aromatic hydroxyl groups is 1. The van der Waals surface area contributed by atoms with Gasteiger partial charge in [-0.15, -0.1) is 0 Å². The second-order valence-electron chi connectivity index (χ2n) is 6.20. The number of carboxylic acid groups (broad SMARTS) is 1. The third-order valence-electron chi connectivity index (χ3n) is 4.14. The van der Waals surface area contributed by atoms with Crippen LogP contribution < -0.4 is 4.72 Å². The van der Waals surface area contributed by atoms with Gasteiger partial charge in [0.15, 0.2) is 0 Å². The molecule has 0 aromatic heterocycles. The number of hydrogen-bond donors (Lipinski definition) is 3. The number of sulfonamides is 1. The molecule has 0 bridgehead atoms. The molecule has 0 saturated heterocycles. The topological polar surface area (TPSA) is 164 Å². The first-order valence-corrected chi connectivity index (χ1v) is 11.9. The fraction of sp³-hybridized carbons (Fsp3) is 0.0556. The van der Waals surface area contributed by atoms with Crippen molar-refractivity contribution in [1.29, 1.82) is 0 Å². The number of fused-ring (bicyclic) bond motifs is 1. The van der Waals surface area contributed by atoms with Crippen LogP contribution in [0.25, 0.3) is 10.8 Å². The van der Waals surface area contributed by atoms with Gasteiger partial charge in [-0.25, -0.2) is 8.42 Å². The fourth-order valence-electron chi connectivity index (χ4n) is 2.75. The molecule has 0 aliphatic heterocycles. The van der Waals surface area contributed by atoms with Crippen LogP contribution in [-0.2, 0) is 25.6 Å². The number of carbonyl (C=O) groups is 1. The van der Waals surface area contributed by atoms with Crippen molar-refractivity contribution in [1.82, 2.24) is 0 Å². The molecule has 3 N–H and O–H groups in total. The Hall–Kier alpha value is -3.03. The maximum atomic E-state index is 12.8. The first kappa shape index (κ1) is 22.7. The summed E-state index contributed by atoms with van der Waals surface area (Å²) < 4.78 is 41.0. The summed E-state index contributed by atoms with van der Waals surface area (Å²) in [5.74, 6) is -2.78. The Kier molecular flexibility index (Phi) is 6.29. The number of nitro benzene ring substituents is 1. The van der Waals surface area contributed by atoms with Gasteiger partial charge in [0.1, 0.15) is 11.5 Å². The first-order valence-electron chi connectivity index (χ1n) is 8.32. The summed E-state index contributed by atoms with van der Waals surface area (Å²) in [4.78, 5) is 21.0. The van der Waals surface area contributed by atoms with Crippen LogP contribution in [0.3, 0.4) is 0 Å². The molecule has 162 valence electrons. The van der Waals surface area contributed by atoms with E-state index in [0.29, 0.717) is 4.47 Å². The van der Waals surface area contributed by atoms with Gasteiger partial charge in [0.05, 0.1) is 31.2 Å². The molecular weight excluding hydrogens is 516 g/mol. The molecule has 3 aromatic carbocycles. The molecule has 0 heterocycles. The number of anilines is 1. The van der Waals surface area contributed by atoms with Crippen molar-refractivity contribution < 1.29 is 32.6 Å². The summed E-state index contributed by atoms with van der Waals surface area (Å²) in [7, 11) is -6.38. The van der Waals surface area contributed by atoms with Gasteiger partial charge in [-0.2, -0.15) is 0 Å². The number of phenolic OH excluding ortho intramolecular Hbond substituents is 1. The van der Waals surface area contributed by atoms with Crippen molar-refractivity contribution in [2.45, 2.75) is 9.79 Å². The molecule has 0 fully saturated rings. The molecule has 0 aliphatic rings. The molecular formula is C18H13BrN2O8S2. The van der Waals surface area contributed by atoms with Crippen LogP contribution in [0.2, 0.25) is 0 Å². The van der Waals surface area contributed by atoms with Crippen LogP contribution in [0.4, 0.5) is 11.4 Å². The smallest absolute Gasteiger partial charge is 0.316 e. The summed E-state index contributed by atoms with van der Waals surface area (Å²) in [6, 6.07) is 9.96. The molecule has 13 heteroatoms. The zero-order valence-electron chi connectivity index (χ0n) is 15.3. The summed E-state index contributed by atoms with van der Waals surface area (Å²) in [6.07, 6.45) is 0. The van der Waals surface area contributed by atoms with Gasteiger partial charge in [-0.05, 0) is 36.4 Å². The number of hydrogen-bond acceptors (Lipinski definition) is 7. The van der Waals surface area contributed by atoms with E-state index < -0.39 is 43.2 Å². The number of aliphatic carboxylic acids is 1. The van der Waals surface area contributed by atoms with Crippen molar-refractivity contribution in [3.05, 3.63) is 63.1 Å².